The molecule has 0 fully saturated rings. The van der Waals surface area contributed by atoms with Gasteiger partial charge in [-0.05, 0) is 25.5 Å². The largest absolute Gasteiger partial charge is 0.387 e. The molecule has 0 saturated heterocycles. The van der Waals surface area contributed by atoms with Crippen LogP contribution in [0.2, 0.25) is 0 Å². The minimum Gasteiger partial charge on any atom is -0.387 e. The van der Waals surface area contributed by atoms with Crippen LogP contribution < -0.4 is 0 Å². The van der Waals surface area contributed by atoms with E-state index in [1.807, 2.05) is 0 Å². The summed E-state index contributed by atoms with van der Waals surface area (Å²) in [6, 6.07) is 3.32. The van der Waals surface area contributed by atoms with Crippen molar-refractivity contribution in [3.05, 3.63) is 35.4 Å². The van der Waals surface area contributed by atoms with Crippen molar-refractivity contribution in [3.63, 3.8) is 0 Å². The zero-order valence-electron chi connectivity index (χ0n) is 9.63. The fourth-order valence-corrected chi connectivity index (χ4v) is 1.45. The van der Waals surface area contributed by atoms with Crippen LogP contribution in [0.5, 0.6) is 0 Å². The predicted octanol–water partition coefficient (Wildman–Crippen LogP) is 2.29. The summed E-state index contributed by atoms with van der Waals surface area (Å²) in [5.74, 6) is -1.27. The van der Waals surface area contributed by atoms with Crippen LogP contribution in [0.3, 0.4) is 0 Å². The molecule has 0 amide bonds. The third-order valence-electron chi connectivity index (χ3n) is 2.79. The average molecular weight is 230 g/mol. The second-order valence-electron chi connectivity index (χ2n) is 4.15. The lowest BCUT2D eigenvalue weighted by Gasteiger charge is -2.29. The van der Waals surface area contributed by atoms with E-state index in [0.717, 1.165) is 6.07 Å². The van der Waals surface area contributed by atoms with Crippen LogP contribution in [-0.2, 0) is 11.2 Å². The molecule has 0 radical (unpaired) electrons. The van der Waals surface area contributed by atoms with Gasteiger partial charge in [0, 0.05) is 19.6 Å². The molecular formula is C12H16F2O2. The number of hydrogen-bond donors (Lipinski definition) is 1. The van der Waals surface area contributed by atoms with Crippen molar-refractivity contribution in [2.45, 2.75) is 32.0 Å². The summed E-state index contributed by atoms with van der Waals surface area (Å²) in [4.78, 5) is 0. The highest BCUT2D eigenvalue weighted by Crippen LogP contribution is 2.21. The van der Waals surface area contributed by atoms with E-state index in [2.05, 4.69) is 0 Å². The Bertz CT molecular complexity index is 364. The predicted molar refractivity (Wildman–Crippen MR) is 57.2 cm³/mol. The zero-order valence-corrected chi connectivity index (χ0v) is 9.63. The van der Waals surface area contributed by atoms with Crippen LogP contribution in [0.4, 0.5) is 8.78 Å². The maximum absolute atomic E-state index is 13.4. The number of benzene rings is 1. The number of halogens is 2. The molecule has 16 heavy (non-hydrogen) atoms. The van der Waals surface area contributed by atoms with Gasteiger partial charge in [0.15, 0.2) is 0 Å². The molecule has 0 spiro atoms. The highest BCUT2D eigenvalue weighted by Gasteiger charge is 2.29. The standard InChI is InChI=1S/C12H16F2O2/c1-8(16-3)12(2,15)7-9-4-5-10(13)6-11(9)14/h4-6,8,15H,7H2,1-3H3. The topological polar surface area (TPSA) is 29.5 Å². The molecule has 2 unspecified atom stereocenters. The second kappa shape index (κ2) is 4.89. The highest BCUT2D eigenvalue weighted by molar-refractivity contribution is 5.20. The molecule has 1 rings (SSSR count). The van der Waals surface area contributed by atoms with Gasteiger partial charge in [0.2, 0.25) is 0 Å². The maximum Gasteiger partial charge on any atom is 0.129 e. The Morgan fingerprint density at radius 1 is 1.44 bits per heavy atom. The summed E-state index contributed by atoms with van der Waals surface area (Å²) >= 11 is 0. The van der Waals surface area contributed by atoms with E-state index < -0.39 is 23.3 Å². The van der Waals surface area contributed by atoms with Crippen molar-refractivity contribution in [1.82, 2.24) is 0 Å². The summed E-state index contributed by atoms with van der Waals surface area (Å²) in [6.45, 7) is 3.26. The normalized spacial score (nSPS) is 16.9. The van der Waals surface area contributed by atoms with Crippen LogP contribution in [0.15, 0.2) is 18.2 Å². The van der Waals surface area contributed by atoms with Crippen LogP contribution in [0.1, 0.15) is 19.4 Å². The smallest absolute Gasteiger partial charge is 0.129 e. The average Bonchev–Trinajstić information content (AvgIpc) is 2.21. The minimum atomic E-state index is -1.19. The first-order valence-corrected chi connectivity index (χ1v) is 5.06. The van der Waals surface area contributed by atoms with E-state index in [9.17, 15) is 13.9 Å². The molecule has 1 aromatic rings. The molecule has 1 aromatic carbocycles. The van der Waals surface area contributed by atoms with Gasteiger partial charge in [-0.25, -0.2) is 8.78 Å². The Hall–Kier alpha value is -1.00. The van der Waals surface area contributed by atoms with E-state index in [0.29, 0.717) is 0 Å². The van der Waals surface area contributed by atoms with Crippen molar-refractivity contribution in [2.75, 3.05) is 7.11 Å². The Kier molecular flexibility index (Phi) is 3.99. The SMILES string of the molecule is COC(C)C(C)(O)Cc1ccc(F)cc1F. The monoisotopic (exact) mass is 230 g/mol. The molecule has 1 N–H and O–H groups in total. The molecular weight excluding hydrogens is 214 g/mol. The zero-order chi connectivity index (χ0) is 12.3. The quantitative estimate of drug-likeness (QED) is 0.860. The highest BCUT2D eigenvalue weighted by atomic mass is 19.1. The van der Waals surface area contributed by atoms with Crippen LogP contribution in [0.25, 0.3) is 0 Å². The number of aliphatic hydroxyl groups is 1. The van der Waals surface area contributed by atoms with E-state index >= 15 is 0 Å². The van der Waals surface area contributed by atoms with Gasteiger partial charge in [-0.3, -0.25) is 0 Å². The van der Waals surface area contributed by atoms with Gasteiger partial charge in [0.25, 0.3) is 0 Å². The third kappa shape index (κ3) is 3.00. The van der Waals surface area contributed by atoms with Gasteiger partial charge in [-0.2, -0.15) is 0 Å². The molecule has 4 heteroatoms. The van der Waals surface area contributed by atoms with Gasteiger partial charge in [0.05, 0.1) is 11.7 Å². The first-order valence-electron chi connectivity index (χ1n) is 5.06. The fourth-order valence-electron chi connectivity index (χ4n) is 1.45. The summed E-state index contributed by atoms with van der Waals surface area (Å²) in [6.07, 6.45) is -0.356. The molecule has 90 valence electrons. The number of ether oxygens (including phenoxy) is 1. The van der Waals surface area contributed by atoms with Crippen molar-refractivity contribution in [3.8, 4) is 0 Å². The molecule has 0 aliphatic carbocycles. The molecule has 0 aromatic heterocycles. The van der Waals surface area contributed by atoms with Crippen LogP contribution >= 0.6 is 0 Å². The molecule has 0 aliphatic heterocycles. The Balaban J connectivity index is 2.87. The summed E-state index contributed by atoms with van der Waals surface area (Å²) in [5, 5.41) is 10.0. The van der Waals surface area contributed by atoms with Gasteiger partial charge in [0.1, 0.15) is 11.6 Å². The Morgan fingerprint density at radius 2 is 2.06 bits per heavy atom. The molecule has 0 saturated carbocycles. The summed E-state index contributed by atoms with van der Waals surface area (Å²) in [7, 11) is 1.47. The van der Waals surface area contributed by atoms with E-state index in [1.54, 1.807) is 13.8 Å². The van der Waals surface area contributed by atoms with Crippen molar-refractivity contribution in [2.24, 2.45) is 0 Å². The van der Waals surface area contributed by atoms with Gasteiger partial charge in [-0.1, -0.05) is 6.07 Å². The van der Waals surface area contributed by atoms with Gasteiger partial charge < -0.3 is 9.84 Å². The molecule has 2 nitrogen and oxygen atoms in total. The first kappa shape index (κ1) is 13.1. The Morgan fingerprint density at radius 3 is 2.56 bits per heavy atom. The second-order valence-corrected chi connectivity index (χ2v) is 4.15. The lowest BCUT2D eigenvalue weighted by Crippen LogP contribution is -2.40. The van der Waals surface area contributed by atoms with Crippen LogP contribution in [-0.4, -0.2) is 23.9 Å². The fraction of sp³-hybridized carbons (Fsp3) is 0.500. The molecule has 0 bridgehead atoms. The lowest BCUT2D eigenvalue weighted by molar-refractivity contribution is -0.0719. The lowest BCUT2D eigenvalue weighted by atomic mass is 9.91. The maximum atomic E-state index is 13.4. The molecule has 2 atom stereocenters. The van der Waals surface area contributed by atoms with E-state index in [-0.39, 0.29) is 12.0 Å². The number of methoxy groups -OCH3 is 1. The first-order chi connectivity index (χ1) is 7.36. The van der Waals surface area contributed by atoms with Crippen molar-refractivity contribution in [1.29, 1.82) is 0 Å². The van der Waals surface area contributed by atoms with Crippen LogP contribution in [0, 0.1) is 11.6 Å². The van der Waals surface area contributed by atoms with E-state index in [1.165, 1.54) is 19.2 Å². The third-order valence-corrected chi connectivity index (χ3v) is 2.79. The molecule has 0 heterocycles. The number of hydrogen-bond acceptors (Lipinski definition) is 2. The number of rotatable bonds is 4. The van der Waals surface area contributed by atoms with Gasteiger partial charge >= 0.3 is 0 Å². The van der Waals surface area contributed by atoms with E-state index in [4.69, 9.17) is 4.74 Å². The summed E-state index contributed by atoms with van der Waals surface area (Å²) in [5.41, 5.74) is -0.914. The van der Waals surface area contributed by atoms with Crippen molar-refractivity contribution >= 4 is 0 Å². The van der Waals surface area contributed by atoms with Gasteiger partial charge in [-0.15, -0.1) is 0 Å². The minimum absolute atomic E-state index is 0.0775. The Labute approximate surface area is 93.9 Å². The summed E-state index contributed by atoms with van der Waals surface area (Å²) < 4.78 is 31.0. The molecule has 0 aliphatic rings. The van der Waals surface area contributed by atoms with Crippen molar-refractivity contribution < 1.29 is 18.6 Å².